The Hall–Kier alpha value is -0.570. The molecule has 2 aliphatic carbocycles. The number of carbonyl (C=O) groups excluding carboxylic acids is 1. The van der Waals surface area contributed by atoms with E-state index in [4.69, 9.17) is 4.74 Å². The number of ether oxygens (including phenoxy) is 1. The van der Waals surface area contributed by atoms with Gasteiger partial charge in [0.2, 0.25) is 5.91 Å². The number of hydrogen-bond donors (Lipinski definition) is 2. The van der Waals surface area contributed by atoms with Gasteiger partial charge in [0.15, 0.2) is 5.96 Å². The summed E-state index contributed by atoms with van der Waals surface area (Å²) in [7, 11) is 3.52. The van der Waals surface area contributed by atoms with E-state index in [1.54, 1.807) is 19.0 Å². The topological polar surface area (TPSA) is 66.0 Å². The first-order valence-corrected chi connectivity index (χ1v) is 10.0. The zero-order valence-electron chi connectivity index (χ0n) is 16.5. The fourth-order valence-electron chi connectivity index (χ4n) is 3.46. The van der Waals surface area contributed by atoms with Gasteiger partial charge in [-0.2, -0.15) is 0 Å². The van der Waals surface area contributed by atoms with Crippen molar-refractivity contribution in [2.24, 2.45) is 4.99 Å². The fraction of sp³-hybridized carbons (Fsp3) is 0.895. The number of carbonyl (C=O) groups is 1. The quantitative estimate of drug-likeness (QED) is 0.243. The number of nitrogens with zero attached hydrogens (tertiary/aromatic N) is 2. The number of amides is 1. The Morgan fingerprint density at radius 2 is 1.73 bits per heavy atom. The Kier molecular flexibility index (Phi) is 12.3. The van der Waals surface area contributed by atoms with Crippen LogP contribution >= 0.6 is 24.0 Å². The Morgan fingerprint density at radius 1 is 1.08 bits per heavy atom. The number of nitrogens with one attached hydrogen (secondary N) is 2. The zero-order chi connectivity index (χ0) is 17.9. The monoisotopic (exact) mass is 480 g/mol. The standard InChI is InChI=1S/C19H36N4O2.HI/c1-23(2)18(24)15-21-19(22-16-9-6-7-10-16)20-13-8-14-25-17-11-4-3-5-12-17;/h16-17H,3-15H2,1-2H3,(H2,20,21,22);1H. The molecule has 0 spiro atoms. The van der Waals surface area contributed by atoms with E-state index >= 15 is 0 Å². The van der Waals surface area contributed by atoms with E-state index in [1.807, 2.05) is 0 Å². The normalized spacial score (nSPS) is 19.1. The molecular formula is C19H37IN4O2. The Balaban J connectivity index is 0.00000338. The average molecular weight is 480 g/mol. The number of rotatable bonds is 8. The van der Waals surface area contributed by atoms with E-state index in [0.717, 1.165) is 25.5 Å². The van der Waals surface area contributed by atoms with Gasteiger partial charge in [-0.25, -0.2) is 4.99 Å². The second kappa shape index (κ2) is 13.6. The summed E-state index contributed by atoms with van der Waals surface area (Å²) in [5, 5.41) is 6.84. The molecule has 2 aliphatic rings. The SMILES string of the molecule is CN(C)C(=O)CN=C(NCCCOC1CCCCC1)NC1CCCC1.I. The van der Waals surface area contributed by atoms with E-state index in [1.165, 1.54) is 57.8 Å². The lowest BCUT2D eigenvalue weighted by Gasteiger charge is -2.22. The summed E-state index contributed by atoms with van der Waals surface area (Å²) in [5.74, 6) is 0.785. The molecule has 0 aromatic carbocycles. The van der Waals surface area contributed by atoms with Crippen LogP contribution in [-0.4, -0.2) is 62.7 Å². The molecule has 0 aromatic rings. The second-order valence-electron chi connectivity index (χ2n) is 7.49. The summed E-state index contributed by atoms with van der Waals surface area (Å²) >= 11 is 0. The Morgan fingerprint density at radius 3 is 2.38 bits per heavy atom. The molecule has 2 saturated carbocycles. The lowest BCUT2D eigenvalue weighted by molar-refractivity contribution is -0.127. The van der Waals surface area contributed by atoms with Crippen LogP contribution in [0.4, 0.5) is 0 Å². The molecule has 2 N–H and O–H groups in total. The smallest absolute Gasteiger partial charge is 0.243 e. The van der Waals surface area contributed by atoms with Gasteiger partial charge in [-0.05, 0) is 32.1 Å². The number of aliphatic imine (C=N–C) groups is 1. The molecule has 0 bridgehead atoms. The molecule has 0 aliphatic heterocycles. The molecular weight excluding hydrogens is 443 g/mol. The van der Waals surface area contributed by atoms with E-state index in [-0.39, 0.29) is 36.4 Å². The number of hydrogen-bond acceptors (Lipinski definition) is 3. The van der Waals surface area contributed by atoms with Gasteiger partial charge in [-0.15, -0.1) is 24.0 Å². The highest BCUT2D eigenvalue weighted by Gasteiger charge is 2.17. The third-order valence-corrected chi connectivity index (χ3v) is 5.09. The van der Waals surface area contributed by atoms with Crippen LogP contribution in [0.25, 0.3) is 0 Å². The van der Waals surface area contributed by atoms with Crippen molar-refractivity contribution in [3.63, 3.8) is 0 Å². The number of halogens is 1. The van der Waals surface area contributed by atoms with Crippen molar-refractivity contribution in [1.29, 1.82) is 0 Å². The highest BCUT2D eigenvalue weighted by Crippen LogP contribution is 2.20. The number of likely N-dealkylation sites (N-methyl/N-ethyl adjacent to an activating group) is 1. The molecule has 0 saturated heterocycles. The molecule has 0 heterocycles. The van der Waals surface area contributed by atoms with Crippen LogP contribution in [-0.2, 0) is 9.53 Å². The lowest BCUT2D eigenvalue weighted by Crippen LogP contribution is -2.43. The summed E-state index contributed by atoms with van der Waals surface area (Å²) in [5.41, 5.74) is 0. The summed E-state index contributed by atoms with van der Waals surface area (Å²) in [4.78, 5) is 17.8. The highest BCUT2D eigenvalue weighted by atomic mass is 127. The zero-order valence-corrected chi connectivity index (χ0v) is 18.8. The molecule has 6 nitrogen and oxygen atoms in total. The maximum Gasteiger partial charge on any atom is 0.243 e. The summed E-state index contributed by atoms with van der Waals surface area (Å²) in [6.45, 7) is 1.81. The minimum absolute atomic E-state index is 0. The van der Waals surface area contributed by atoms with E-state index in [9.17, 15) is 4.79 Å². The van der Waals surface area contributed by atoms with Gasteiger partial charge in [0, 0.05) is 33.3 Å². The molecule has 0 atom stereocenters. The first kappa shape index (κ1) is 23.5. The van der Waals surface area contributed by atoms with Crippen LogP contribution < -0.4 is 10.6 Å². The van der Waals surface area contributed by atoms with Crippen LogP contribution in [0.1, 0.15) is 64.2 Å². The second-order valence-corrected chi connectivity index (χ2v) is 7.49. The van der Waals surface area contributed by atoms with Gasteiger partial charge in [0.05, 0.1) is 6.10 Å². The largest absolute Gasteiger partial charge is 0.378 e. The highest BCUT2D eigenvalue weighted by molar-refractivity contribution is 14.0. The molecule has 0 aromatic heterocycles. The van der Waals surface area contributed by atoms with Gasteiger partial charge in [0.1, 0.15) is 6.54 Å². The Bertz CT molecular complexity index is 420. The van der Waals surface area contributed by atoms with Gasteiger partial charge in [-0.1, -0.05) is 32.1 Å². The summed E-state index contributed by atoms with van der Waals surface area (Å²) < 4.78 is 5.97. The van der Waals surface area contributed by atoms with Crippen molar-refractivity contribution in [3.05, 3.63) is 0 Å². The first-order valence-electron chi connectivity index (χ1n) is 10.0. The van der Waals surface area contributed by atoms with Crippen molar-refractivity contribution in [1.82, 2.24) is 15.5 Å². The molecule has 2 fully saturated rings. The minimum Gasteiger partial charge on any atom is -0.378 e. The summed E-state index contributed by atoms with van der Waals surface area (Å²) in [6, 6.07) is 0.485. The van der Waals surface area contributed by atoms with Crippen LogP contribution in [0, 0.1) is 0 Å². The third kappa shape index (κ3) is 9.39. The molecule has 0 unspecified atom stereocenters. The average Bonchev–Trinajstić information content (AvgIpc) is 3.12. The van der Waals surface area contributed by atoms with Gasteiger partial charge in [-0.3, -0.25) is 4.79 Å². The van der Waals surface area contributed by atoms with E-state index in [0.29, 0.717) is 12.1 Å². The van der Waals surface area contributed by atoms with E-state index in [2.05, 4.69) is 15.6 Å². The maximum atomic E-state index is 11.8. The maximum absolute atomic E-state index is 11.8. The fourth-order valence-corrected chi connectivity index (χ4v) is 3.46. The molecule has 7 heteroatoms. The van der Waals surface area contributed by atoms with Crippen molar-refractivity contribution in [2.45, 2.75) is 76.4 Å². The van der Waals surface area contributed by atoms with Gasteiger partial charge < -0.3 is 20.3 Å². The first-order chi connectivity index (χ1) is 12.1. The van der Waals surface area contributed by atoms with Crippen LogP contribution in [0.5, 0.6) is 0 Å². The molecule has 152 valence electrons. The van der Waals surface area contributed by atoms with Crippen molar-refractivity contribution in [2.75, 3.05) is 33.8 Å². The van der Waals surface area contributed by atoms with Crippen LogP contribution in [0.15, 0.2) is 4.99 Å². The van der Waals surface area contributed by atoms with Crippen LogP contribution in [0.2, 0.25) is 0 Å². The van der Waals surface area contributed by atoms with E-state index < -0.39 is 0 Å². The van der Waals surface area contributed by atoms with Crippen LogP contribution in [0.3, 0.4) is 0 Å². The van der Waals surface area contributed by atoms with Gasteiger partial charge in [0.25, 0.3) is 0 Å². The van der Waals surface area contributed by atoms with Crippen molar-refractivity contribution in [3.8, 4) is 0 Å². The predicted molar refractivity (Wildman–Crippen MR) is 117 cm³/mol. The Labute approximate surface area is 175 Å². The molecule has 1 amide bonds. The molecule has 0 radical (unpaired) electrons. The molecule has 26 heavy (non-hydrogen) atoms. The number of guanidine groups is 1. The van der Waals surface area contributed by atoms with Crippen molar-refractivity contribution < 1.29 is 9.53 Å². The third-order valence-electron chi connectivity index (χ3n) is 5.09. The van der Waals surface area contributed by atoms with Crippen molar-refractivity contribution >= 4 is 35.8 Å². The lowest BCUT2D eigenvalue weighted by atomic mass is 9.98. The summed E-state index contributed by atoms with van der Waals surface area (Å²) in [6.07, 6.45) is 12.8. The predicted octanol–water partition coefficient (Wildman–Crippen LogP) is 2.91. The minimum atomic E-state index is 0. The van der Waals surface area contributed by atoms with Gasteiger partial charge >= 0.3 is 0 Å². The molecule has 2 rings (SSSR count).